The van der Waals surface area contributed by atoms with E-state index < -0.39 is 0 Å². The number of azide groups is 1. The van der Waals surface area contributed by atoms with E-state index in [0.717, 1.165) is 0 Å². The molecule has 0 aliphatic heterocycles. The van der Waals surface area contributed by atoms with Gasteiger partial charge in [0.1, 0.15) is 13.2 Å². The van der Waals surface area contributed by atoms with E-state index in [-0.39, 0.29) is 50.1 Å². The lowest BCUT2D eigenvalue weighted by Crippen LogP contribution is -2.43. The Morgan fingerprint density at radius 3 is 2.52 bits per heavy atom. The number of hydrogen-bond donors (Lipinski definition) is 3. The molecule has 3 N–H and O–H groups in total. The lowest BCUT2D eigenvalue weighted by Gasteiger charge is -2.19. The zero-order valence-corrected chi connectivity index (χ0v) is 13.5. The molecule has 0 aliphatic carbocycles. The van der Waals surface area contributed by atoms with Crippen LogP contribution in [0.2, 0.25) is 0 Å². The predicted molar refractivity (Wildman–Crippen MR) is 82.5 cm³/mol. The van der Waals surface area contributed by atoms with Crippen LogP contribution in [0.1, 0.15) is 13.8 Å². The molecule has 10 nitrogen and oxygen atoms in total. The van der Waals surface area contributed by atoms with Crippen LogP contribution in [0.25, 0.3) is 10.4 Å². The quantitative estimate of drug-likeness (QED) is 0.181. The molecule has 1 unspecified atom stereocenters. The molecule has 2 amide bonds. The van der Waals surface area contributed by atoms with Gasteiger partial charge in [-0.15, -0.1) is 0 Å². The van der Waals surface area contributed by atoms with Gasteiger partial charge in [-0.25, -0.2) is 0 Å². The second-order valence-electron chi connectivity index (χ2n) is 5.01. The summed E-state index contributed by atoms with van der Waals surface area (Å²) in [7, 11) is 0. The second-order valence-corrected chi connectivity index (χ2v) is 5.01. The zero-order valence-electron chi connectivity index (χ0n) is 13.5. The number of amides is 2. The van der Waals surface area contributed by atoms with Crippen molar-refractivity contribution in [3.8, 4) is 0 Å². The number of ether oxygens (including phenoxy) is 2. The summed E-state index contributed by atoms with van der Waals surface area (Å²) >= 11 is 0. The first-order valence-electron chi connectivity index (χ1n) is 7.34. The summed E-state index contributed by atoms with van der Waals surface area (Å²) in [6.45, 7) is 4.24. The van der Waals surface area contributed by atoms with Gasteiger partial charge in [0.15, 0.2) is 0 Å². The Hall–Kier alpha value is -1.87. The molecule has 0 saturated carbocycles. The highest BCUT2D eigenvalue weighted by atomic mass is 16.5. The average molecular weight is 331 g/mol. The van der Waals surface area contributed by atoms with Crippen LogP contribution in [0, 0.1) is 5.92 Å². The van der Waals surface area contributed by atoms with Crippen molar-refractivity contribution < 1.29 is 24.2 Å². The maximum absolute atomic E-state index is 11.6. The smallest absolute Gasteiger partial charge is 0.246 e. The fourth-order valence-electron chi connectivity index (χ4n) is 1.47. The standard InChI is InChI=1S/C13H25N5O5/c1-10(2)11(7-19)17-13(21)9-23-8-12(20)15-3-5-22-6-4-16-18-14/h10-11,19H,3-9H2,1-2H3,(H,15,20)(H,17,21). The molecule has 23 heavy (non-hydrogen) atoms. The van der Waals surface area contributed by atoms with Gasteiger partial charge in [0, 0.05) is 18.0 Å². The van der Waals surface area contributed by atoms with Crippen LogP contribution < -0.4 is 10.6 Å². The molecule has 0 fully saturated rings. The summed E-state index contributed by atoms with van der Waals surface area (Å²) in [5.74, 6) is -0.642. The molecule has 0 spiro atoms. The Balaban J connectivity index is 3.62. The summed E-state index contributed by atoms with van der Waals surface area (Å²) in [5.41, 5.74) is 8.04. The van der Waals surface area contributed by atoms with Gasteiger partial charge < -0.3 is 25.2 Å². The third-order valence-electron chi connectivity index (χ3n) is 2.78. The van der Waals surface area contributed by atoms with Crippen molar-refractivity contribution in [2.24, 2.45) is 11.0 Å². The largest absolute Gasteiger partial charge is 0.394 e. The van der Waals surface area contributed by atoms with Gasteiger partial charge in [-0.1, -0.05) is 19.0 Å². The molecule has 0 aromatic rings. The Morgan fingerprint density at radius 2 is 1.91 bits per heavy atom. The van der Waals surface area contributed by atoms with Gasteiger partial charge in [0.05, 0.1) is 25.9 Å². The molecular weight excluding hydrogens is 306 g/mol. The molecule has 0 aromatic heterocycles. The van der Waals surface area contributed by atoms with Crippen molar-refractivity contribution >= 4 is 11.8 Å². The minimum atomic E-state index is -0.382. The molecule has 0 bridgehead atoms. The van der Waals surface area contributed by atoms with E-state index >= 15 is 0 Å². The fraction of sp³-hybridized carbons (Fsp3) is 0.846. The number of nitrogens with one attached hydrogen (secondary N) is 2. The minimum absolute atomic E-state index is 0.103. The van der Waals surface area contributed by atoms with Crippen molar-refractivity contribution in [3.63, 3.8) is 0 Å². The molecule has 0 heterocycles. The molecule has 0 aliphatic rings. The van der Waals surface area contributed by atoms with Crippen LogP contribution in [-0.4, -0.2) is 69.1 Å². The van der Waals surface area contributed by atoms with Crippen molar-refractivity contribution in [2.45, 2.75) is 19.9 Å². The monoisotopic (exact) mass is 331 g/mol. The second kappa shape index (κ2) is 13.8. The van der Waals surface area contributed by atoms with E-state index in [2.05, 4.69) is 20.7 Å². The normalized spacial score (nSPS) is 11.7. The summed E-state index contributed by atoms with van der Waals surface area (Å²) in [6, 6.07) is -0.331. The highest BCUT2D eigenvalue weighted by molar-refractivity contribution is 5.79. The molecule has 0 rings (SSSR count). The minimum Gasteiger partial charge on any atom is -0.394 e. The van der Waals surface area contributed by atoms with Crippen LogP contribution >= 0.6 is 0 Å². The van der Waals surface area contributed by atoms with Crippen molar-refractivity contribution in [2.75, 3.05) is 46.1 Å². The highest BCUT2D eigenvalue weighted by Gasteiger charge is 2.15. The van der Waals surface area contributed by atoms with Crippen LogP contribution in [0.15, 0.2) is 5.11 Å². The van der Waals surface area contributed by atoms with Gasteiger partial charge in [-0.2, -0.15) is 0 Å². The van der Waals surface area contributed by atoms with E-state index in [1.165, 1.54) is 0 Å². The number of aliphatic hydroxyl groups is 1. The van der Waals surface area contributed by atoms with Crippen molar-refractivity contribution in [1.29, 1.82) is 0 Å². The highest BCUT2D eigenvalue weighted by Crippen LogP contribution is 1.99. The number of aliphatic hydroxyl groups excluding tert-OH is 1. The Bertz CT molecular complexity index is 398. The molecule has 1 atom stereocenters. The maximum Gasteiger partial charge on any atom is 0.246 e. The number of rotatable bonds is 13. The topological polar surface area (TPSA) is 146 Å². The van der Waals surface area contributed by atoms with E-state index in [0.29, 0.717) is 19.8 Å². The first kappa shape index (κ1) is 21.1. The fourth-order valence-corrected chi connectivity index (χ4v) is 1.47. The Morgan fingerprint density at radius 1 is 1.22 bits per heavy atom. The molecule has 10 heteroatoms. The summed E-state index contributed by atoms with van der Waals surface area (Å²) in [5, 5.41) is 17.6. The van der Waals surface area contributed by atoms with Crippen LogP contribution in [0.4, 0.5) is 0 Å². The number of nitrogens with zero attached hydrogens (tertiary/aromatic N) is 3. The average Bonchev–Trinajstić information content (AvgIpc) is 2.51. The summed E-state index contributed by atoms with van der Waals surface area (Å²) in [6.07, 6.45) is 0. The Kier molecular flexibility index (Phi) is 12.7. The van der Waals surface area contributed by atoms with E-state index in [1.54, 1.807) is 0 Å². The van der Waals surface area contributed by atoms with Gasteiger partial charge in [0.25, 0.3) is 0 Å². The molecule has 0 saturated heterocycles. The van der Waals surface area contributed by atoms with Crippen LogP contribution in [-0.2, 0) is 19.1 Å². The van der Waals surface area contributed by atoms with Gasteiger partial charge >= 0.3 is 0 Å². The van der Waals surface area contributed by atoms with Crippen LogP contribution in [0.3, 0.4) is 0 Å². The molecule has 132 valence electrons. The molecule has 0 aromatic carbocycles. The van der Waals surface area contributed by atoms with Gasteiger partial charge in [-0.05, 0) is 11.4 Å². The van der Waals surface area contributed by atoms with Crippen molar-refractivity contribution in [3.05, 3.63) is 10.4 Å². The first-order chi connectivity index (χ1) is 11.0. The first-order valence-corrected chi connectivity index (χ1v) is 7.34. The van der Waals surface area contributed by atoms with E-state index in [9.17, 15) is 9.59 Å². The van der Waals surface area contributed by atoms with Crippen LogP contribution in [0.5, 0.6) is 0 Å². The van der Waals surface area contributed by atoms with E-state index in [1.807, 2.05) is 13.8 Å². The zero-order chi connectivity index (χ0) is 17.5. The van der Waals surface area contributed by atoms with Gasteiger partial charge in [0.2, 0.25) is 11.8 Å². The van der Waals surface area contributed by atoms with Crippen molar-refractivity contribution in [1.82, 2.24) is 10.6 Å². The molecule has 0 radical (unpaired) electrons. The molecular formula is C13H25N5O5. The number of carbonyl (C=O) groups excluding carboxylic acids is 2. The third kappa shape index (κ3) is 12.4. The Labute approximate surface area is 135 Å². The predicted octanol–water partition coefficient (Wildman–Crippen LogP) is -0.421. The lowest BCUT2D eigenvalue weighted by molar-refractivity contribution is -0.131. The van der Waals surface area contributed by atoms with E-state index in [4.69, 9.17) is 20.1 Å². The number of carbonyl (C=O) groups is 2. The van der Waals surface area contributed by atoms with Gasteiger partial charge in [-0.3, -0.25) is 9.59 Å². The number of hydrogen-bond acceptors (Lipinski definition) is 6. The summed E-state index contributed by atoms with van der Waals surface area (Å²) < 4.78 is 10.1. The lowest BCUT2D eigenvalue weighted by atomic mass is 10.1. The SMILES string of the molecule is CC(C)C(CO)NC(=O)COCC(=O)NCCOCCN=[N+]=[N-]. The summed E-state index contributed by atoms with van der Waals surface area (Å²) in [4.78, 5) is 25.5. The third-order valence-corrected chi connectivity index (χ3v) is 2.78. The maximum atomic E-state index is 11.6.